The maximum atomic E-state index is 6.10. The van der Waals surface area contributed by atoms with Crippen LogP contribution in [0.3, 0.4) is 0 Å². The molecule has 0 unspecified atom stereocenters. The number of aromatic nitrogens is 2. The van der Waals surface area contributed by atoms with Crippen LogP contribution in [0.5, 0.6) is 0 Å². The average molecular weight is 355 g/mol. The Labute approximate surface area is 153 Å². The Kier molecular flexibility index (Phi) is 4.73. The van der Waals surface area contributed by atoms with E-state index >= 15 is 0 Å². The van der Waals surface area contributed by atoms with Crippen molar-refractivity contribution in [3.8, 4) is 0 Å². The number of likely N-dealkylation sites (tertiary alicyclic amines) is 1. The van der Waals surface area contributed by atoms with E-state index in [-0.39, 0.29) is 0 Å². The highest BCUT2D eigenvalue weighted by Gasteiger charge is 2.27. The van der Waals surface area contributed by atoms with E-state index in [2.05, 4.69) is 69.6 Å². The van der Waals surface area contributed by atoms with E-state index in [0.717, 1.165) is 43.0 Å². The number of allylic oxidation sites excluding steroid dienone is 1. The fourth-order valence-electron chi connectivity index (χ4n) is 3.74. The summed E-state index contributed by atoms with van der Waals surface area (Å²) >= 11 is 6.10. The van der Waals surface area contributed by atoms with Crippen molar-refractivity contribution in [2.75, 3.05) is 11.9 Å². The molecule has 1 aliphatic heterocycles. The molecule has 5 heteroatoms. The number of nitrogens with zero attached hydrogens (tertiary/aromatic N) is 3. The fraction of sp³-hybridized carbons (Fsp3) is 0.400. The number of nitrogens with one attached hydrogen (secondary N) is 1. The number of rotatable bonds is 4. The Bertz CT molecular complexity index is 775. The molecule has 2 aromatic rings. The molecule has 1 saturated heterocycles. The van der Waals surface area contributed by atoms with Gasteiger partial charge in [0.15, 0.2) is 0 Å². The molecule has 2 heterocycles. The van der Waals surface area contributed by atoms with Gasteiger partial charge in [0.2, 0.25) is 5.28 Å². The Hall–Kier alpha value is -1.91. The van der Waals surface area contributed by atoms with Gasteiger partial charge in [0.25, 0.3) is 0 Å². The summed E-state index contributed by atoms with van der Waals surface area (Å²) in [6, 6.07) is 11.7. The van der Waals surface area contributed by atoms with Crippen LogP contribution in [0.2, 0.25) is 5.28 Å². The van der Waals surface area contributed by atoms with E-state index in [1.165, 1.54) is 12.0 Å². The van der Waals surface area contributed by atoms with Gasteiger partial charge >= 0.3 is 0 Å². The first kappa shape index (κ1) is 16.6. The summed E-state index contributed by atoms with van der Waals surface area (Å²) in [7, 11) is 0. The first-order chi connectivity index (χ1) is 12.2. The zero-order valence-corrected chi connectivity index (χ0v) is 15.2. The van der Waals surface area contributed by atoms with Crippen LogP contribution >= 0.6 is 11.6 Å². The number of hydrogen-bond acceptors (Lipinski definition) is 4. The summed E-state index contributed by atoms with van der Waals surface area (Å²) in [5, 5.41) is 3.96. The molecule has 1 aliphatic carbocycles. The van der Waals surface area contributed by atoms with Crippen molar-refractivity contribution in [3.63, 3.8) is 0 Å². The van der Waals surface area contributed by atoms with Crippen molar-refractivity contribution < 1.29 is 0 Å². The molecule has 25 heavy (non-hydrogen) atoms. The van der Waals surface area contributed by atoms with Gasteiger partial charge in [-0.05, 0) is 36.9 Å². The van der Waals surface area contributed by atoms with Crippen LogP contribution in [0.15, 0.2) is 36.4 Å². The number of anilines is 1. The number of piperidine rings is 1. The number of fused-ring (bicyclic) bond motifs is 1. The normalized spacial score (nSPS) is 22.8. The molecule has 2 atom stereocenters. The summed E-state index contributed by atoms with van der Waals surface area (Å²) < 4.78 is 0. The predicted octanol–water partition coefficient (Wildman–Crippen LogP) is 4.16. The minimum atomic E-state index is 0.329. The van der Waals surface area contributed by atoms with E-state index in [1.54, 1.807) is 0 Å². The average Bonchev–Trinajstić information content (AvgIpc) is 3.07. The number of benzene rings is 1. The van der Waals surface area contributed by atoms with Crippen LogP contribution in [0, 0.1) is 0 Å². The topological polar surface area (TPSA) is 41.1 Å². The van der Waals surface area contributed by atoms with Crippen molar-refractivity contribution in [2.45, 2.75) is 44.8 Å². The summed E-state index contributed by atoms with van der Waals surface area (Å²) in [5.41, 5.74) is 3.48. The fourth-order valence-corrected chi connectivity index (χ4v) is 3.93. The van der Waals surface area contributed by atoms with Crippen LogP contribution in [-0.4, -0.2) is 33.5 Å². The van der Waals surface area contributed by atoms with Crippen LogP contribution in [-0.2, 0) is 13.0 Å². The predicted molar refractivity (Wildman–Crippen MR) is 103 cm³/mol. The SMILES string of the molecule is C[C@H]1CC[C@@H](Nc2nc(Cl)nc3c2C=CC3)CN1Cc1ccccc1. The minimum Gasteiger partial charge on any atom is -0.365 e. The molecular weight excluding hydrogens is 332 g/mol. The standard InChI is InChI=1S/C20H23ClN4/c1-14-10-11-16(13-25(14)12-15-6-3-2-4-7-15)22-19-17-8-5-9-18(17)23-20(21)24-19/h2-8,14,16H,9-13H2,1H3,(H,22,23,24)/t14-,16+/m0/s1. The van der Waals surface area contributed by atoms with E-state index in [1.807, 2.05) is 0 Å². The maximum absolute atomic E-state index is 6.10. The van der Waals surface area contributed by atoms with E-state index in [9.17, 15) is 0 Å². The molecule has 1 aromatic carbocycles. The molecule has 4 nitrogen and oxygen atoms in total. The van der Waals surface area contributed by atoms with Gasteiger partial charge in [0, 0.05) is 37.2 Å². The highest BCUT2D eigenvalue weighted by Crippen LogP contribution is 2.28. The second kappa shape index (κ2) is 7.14. The van der Waals surface area contributed by atoms with Crippen LogP contribution in [0.25, 0.3) is 6.08 Å². The molecule has 1 fully saturated rings. The number of hydrogen-bond donors (Lipinski definition) is 1. The lowest BCUT2D eigenvalue weighted by Gasteiger charge is -2.38. The zero-order chi connectivity index (χ0) is 17.2. The molecule has 130 valence electrons. The molecule has 0 spiro atoms. The molecular formula is C20H23ClN4. The lowest BCUT2D eigenvalue weighted by molar-refractivity contribution is 0.143. The van der Waals surface area contributed by atoms with Crippen LogP contribution < -0.4 is 5.32 Å². The van der Waals surface area contributed by atoms with Crippen LogP contribution in [0.4, 0.5) is 5.82 Å². The molecule has 0 amide bonds. The molecule has 4 rings (SSSR count). The second-order valence-corrected chi connectivity index (χ2v) is 7.33. The van der Waals surface area contributed by atoms with E-state index < -0.39 is 0 Å². The first-order valence-corrected chi connectivity index (χ1v) is 9.34. The third-order valence-corrected chi connectivity index (χ3v) is 5.34. The molecule has 2 aliphatic rings. The first-order valence-electron chi connectivity index (χ1n) is 8.96. The van der Waals surface area contributed by atoms with Gasteiger partial charge in [-0.15, -0.1) is 0 Å². The minimum absolute atomic E-state index is 0.329. The molecule has 0 saturated carbocycles. The lowest BCUT2D eigenvalue weighted by atomic mass is 9.98. The molecule has 1 N–H and O–H groups in total. The van der Waals surface area contributed by atoms with Crippen molar-refractivity contribution in [1.82, 2.24) is 14.9 Å². The van der Waals surface area contributed by atoms with Gasteiger partial charge in [-0.2, -0.15) is 0 Å². The maximum Gasteiger partial charge on any atom is 0.224 e. The summed E-state index contributed by atoms with van der Waals surface area (Å²) in [5.74, 6) is 0.878. The van der Waals surface area contributed by atoms with Crippen molar-refractivity contribution >= 4 is 23.5 Å². The van der Waals surface area contributed by atoms with Gasteiger partial charge in [-0.3, -0.25) is 4.90 Å². The summed E-state index contributed by atoms with van der Waals surface area (Å²) in [6.07, 6.45) is 7.38. The van der Waals surface area contributed by atoms with Gasteiger partial charge < -0.3 is 5.32 Å². The summed E-state index contributed by atoms with van der Waals surface area (Å²) in [4.78, 5) is 11.3. The Balaban J connectivity index is 1.48. The third-order valence-electron chi connectivity index (χ3n) is 5.17. The van der Waals surface area contributed by atoms with Crippen molar-refractivity contribution in [2.24, 2.45) is 0 Å². The quantitative estimate of drug-likeness (QED) is 0.837. The van der Waals surface area contributed by atoms with Gasteiger partial charge in [0.1, 0.15) is 5.82 Å². The highest BCUT2D eigenvalue weighted by atomic mass is 35.5. The van der Waals surface area contributed by atoms with Gasteiger partial charge in [-0.1, -0.05) is 42.5 Å². The van der Waals surface area contributed by atoms with E-state index in [0.29, 0.717) is 17.4 Å². The van der Waals surface area contributed by atoms with E-state index in [4.69, 9.17) is 11.6 Å². The third kappa shape index (κ3) is 3.70. The van der Waals surface area contributed by atoms with Gasteiger partial charge in [-0.25, -0.2) is 9.97 Å². The lowest BCUT2D eigenvalue weighted by Crippen LogP contribution is -2.46. The van der Waals surface area contributed by atoms with Crippen molar-refractivity contribution in [3.05, 3.63) is 58.5 Å². The Morgan fingerprint density at radius 2 is 2.04 bits per heavy atom. The Morgan fingerprint density at radius 1 is 1.20 bits per heavy atom. The monoisotopic (exact) mass is 354 g/mol. The van der Waals surface area contributed by atoms with Gasteiger partial charge in [0.05, 0.1) is 5.69 Å². The molecule has 0 radical (unpaired) electrons. The molecule has 1 aromatic heterocycles. The van der Waals surface area contributed by atoms with Crippen molar-refractivity contribution in [1.29, 1.82) is 0 Å². The highest BCUT2D eigenvalue weighted by molar-refractivity contribution is 6.28. The largest absolute Gasteiger partial charge is 0.365 e. The number of halogens is 1. The van der Waals surface area contributed by atoms with Crippen LogP contribution in [0.1, 0.15) is 36.6 Å². The second-order valence-electron chi connectivity index (χ2n) is 6.99. The molecule has 0 bridgehead atoms. The Morgan fingerprint density at radius 3 is 2.88 bits per heavy atom. The smallest absolute Gasteiger partial charge is 0.224 e. The summed E-state index contributed by atoms with van der Waals surface area (Å²) in [6.45, 7) is 4.32. The zero-order valence-electron chi connectivity index (χ0n) is 14.5.